The van der Waals surface area contributed by atoms with Crippen molar-refractivity contribution in [2.75, 3.05) is 6.54 Å². The van der Waals surface area contributed by atoms with Crippen molar-refractivity contribution < 1.29 is 13.6 Å². The van der Waals surface area contributed by atoms with E-state index in [0.717, 1.165) is 0 Å². The average molecular weight is 188 g/mol. The summed E-state index contributed by atoms with van der Waals surface area (Å²) in [5.74, 6) is -5.55. The second-order valence-corrected chi connectivity index (χ2v) is 3.14. The van der Waals surface area contributed by atoms with Gasteiger partial charge < -0.3 is 5.32 Å². The fourth-order valence-electron chi connectivity index (χ4n) is 1.23. The number of alkyl halides is 2. The van der Waals surface area contributed by atoms with Crippen LogP contribution in [-0.2, 0) is 4.79 Å². The predicted octanol–water partition coefficient (Wildman–Crippen LogP) is 0.917. The van der Waals surface area contributed by atoms with Gasteiger partial charge in [0.05, 0.1) is 12.5 Å². The molecule has 0 aromatic heterocycles. The summed E-state index contributed by atoms with van der Waals surface area (Å²) < 4.78 is 25.2. The summed E-state index contributed by atoms with van der Waals surface area (Å²) in [7, 11) is 0. The Bertz CT molecular complexity index is 259. The highest BCUT2D eigenvalue weighted by molar-refractivity contribution is 5.83. The lowest BCUT2D eigenvalue weighted by Gasteiger charge is -1.99. The molecule has 0 aromatic rings. The topological polar surface area (TPSA) is 52.9 Å². The molecule has 2 atom stereocenters. The molecule has 1 aliphatic carbocycles. The minimum Gasteiger partial charge on any atom is -0.355 e. The van der Waals surface area contributed by atoms with E-state index in [4.69, 9.17) is 5.26 Å². The van der Waals surface area contributed by atoms with Gasteiger partial charge in [-0.2, -0.15) is 5.26 Å². The van der Waals surface area contributed by atoms with Crippen LogP contribution in [0.2, 0.25) is 0 Å². The van der Waals surface area contributed by atoms with Crippen LogP contribution in [0, 0.1) is 23.2 Å². The van der Waals surface area contributed by atoms with E-state index < -0.39 is 23.7 Å². The molecule has 5 heteroatoms. The van der Waals surface area contributed by atoms with Crippen LogP contribution in [0.1, 0.15) is 13.3 Å². The molecule has 0 bridgehead atoms. The van der Waals surface area contributed by atoms with Gasteiger partial charge in [-0.1, -0.05) is 6.92 Å². The lowest BCUT2D eigenvalue weighted by Crippen LogP contribution is -2.27. The number of rotatable bonds is 3. The second-order valence-electron chi connectivity index (χ2n) is 3.14. The number of halogens is 2. The molecule has 0 aliphatic heterocycles. The Balaban J connectivity index is 2.32. The first-order chi connectivity index (χ1) is 6.01. The van der Waals surface area contributed by atoms with E-state index in [2.05, 4.69) is 5.32 Å². The number of hydrogen-bond acceptors (Lipinski definition) is 2. The first-order valence-corrected chi connectivity index (χ1v) is 4.04. The number of nitriles is 1. The van der Waals surface area contributed by atoms with Gasteiger partial charge in [0.2, 0.25) is 5.91 Å². The van der Waals surface area contributed by atoms with E-state index >= 15 is 0 Å². The number of carbonyl (C=O) groups excluding carboxylic acids is 1. The van der Waals surface area contributed by atoms with E-state index in [-0.39, 0.29) is 13.0 Å². The van der Waals surface area contributed by atoms with Crippen molar-refractivity contribution in [3.8, 4) is 6.07 Å². The summed E-state index contributed by atoms with van der Waals surface area (Å²) in [6, 6.07) is 1.81. The molecule has 1 rings (SSSR count). The van der Waals surface area contributed by atoms with E-state index in [1.54, 1.807) is 0 Å². The van der Waals surface area contributed by atoms with Crippen molar-refractivity contribution in [1.82, 2.24) is 5.32 Å². The highest BCUT2D eigenvalue weighted by atomic mass is 19.3. The number of nitrogens with one attached hydrogen (secondary N) is 1. The Morgan fingerprint density at radius 1 is 1.69 bits per heavy atom. The number of amides is 1. The fraction of sp³-hybridized carbons (Fsp3) is 0.750. The third kappa shape index (κ3) is 1.77. The van der Waals surface area contributed by atoms with Crippen molar-refractivity contribution in [2.24, 2.45) is 11.8 Å². The molecule has 3 nitrogen and oxygen atoms in total. The summed E-state index contributed by atoms with van der Waals surface area (Å²) >= 11 is 0. The van der Waals surface area contributed by atoms with Crippen LogP contribution in [0.5, 0.6) is 0 Å². The molecule has 1 N–H and O–H groups in total. The van der Waals surface area contributed by atoms with E-state index in [9.17, 15) is 13.6 Å². The molecule has 72 valence electrons. The van der Waals surface area contributed by atoms with Gasteiger partial charge in [0, 0.05) is 12.5 Å². The van der Waals surface area contributed by atoms with Crippen molar-refractivity contribution >= 4 is 5.91 Å². The molecule has 0 radical (unpaired) electrons. The van der Waals surface area contributed by atoms with Crippen LogP contribution >= 0.6 is 0 Å². The third-order valence-electron chi connectivity index (χ3n) is 2.23. The molecule has 13 heavy (non-hydrogen) atoms. The predicted molar refractivity (Wildman–Crippen MR) is 40.8 cm³/mol. The average Bonchev–Trinajstić information content (AvgIpc) is 2.52. The van der Waals surface area contributed by atoms with Crippen molar-refractivity contribution in [3.63, 3.8) is 0 Å². The van der Waals surface area contributed by atoms with E-state index in [0.29, 0.717) is 0 Å². The smallest absolute Gasteiger partial charge is 0.263 e. The standard InChI is InChI=1S/C8H10F2N2O/c1-5-6(8(5,9)10)7(13)12-4-2-3-11/h5-6H,2,4H2,1H3,(H,12,13). The lowest BCUT2D eigenvalue weighted by atomic mass is 10.3. The summed E-state index contributed by atoms with van der Waals surface area (Å²) in [5, 5.41) is 10.4. The van der Waals surface area contributed by atoms with Gasteiger partial charge in [-0.15, -0.1) is 0 Å². The lowest BCUT2D eigenvalue weighted by molar-refractivity contribution is -0.124. The molecule has 1 aliphatic rings. The maximum absolute atomic E-state index is 12.6. The molecule has 0 spiro atoms. The molecule has 1 amide bonds. The second kappa shape index (κ2) is 3.29. The SMILES string of the molecule is CC1C(C(=O)NCCC#N)C1(F)F. The maximum Gasteiger partial charge on any atom is 0.263 e. The molecule has 0 aromatic carbocycles. The van der Waals surface area contributed by atoms with Crippen LogP contribution in [0.15, 0.2) is 0 Å². The Morgan fingerprint density at radius 3 is 2.62 bits per heavy atom. The molecular formula is C8H10F2N2O. The Hall–Kier alpha value is -1.18. The molecular weight excluding hydrogens is 178 g/mol. The highest BCUT2D eigenvalue weighted by Crippen LogP contribution is 2.54. The Kier molecular flexibility index (Phi) is 2.50. The zero-order chi connectivity index (χ0) is 10.1. The number of hydrogen-bond donors (Lipinski definition) is 1. The van der Waals surface area contributed by atoms with Gasteiger partial charge in [0.1, 0.15) is 5.92 Å². The zero-order valence-electron chi connectivity index (χ0n) is 7.18. The molecule has 2 unspecified atom stereocenters. The summed E-state index contributed by atoms with van der Waals surface area (Å²) in [4.78, 5) is 11.0. The molecule has 1 fully saturated rings. The molecule has 0 heterocycles. The first-order valence-electron chi connectivity index (χ1n) is 4.04. The highest BCUT2D eigenvalue weighted by Gasteiger charge is 2.69. The fourth-order valence-corrected chi connectivity index (χ4v) is 1.23. The van der Waals surface area contributed by atoms with Gasteiger partial charge in [-0.05, 0) is 0 Å². The van der Waals surface area contributed by atoms with Crippen LogP contribution < -0.4 is 5.32 Å². The van der Waals surface area contributed by atoms with Gasteiger partial charge in [-0.3, -0.25) is 4.79 Å². The van der Waals surface area contributed by atoms with Gasteiger partial charge >= 0.3 is 0 Å². The van der Waals surface area contributed by atoms with Gasteiger partial charge in [0.25, 0.3) is 5.92 Å². The summed E-state index contributed by atoms with van der Waals surface area (Å²) in [6.45, 7) is 1.49. The summed E-state index contributed by atoms with van der Waals surface area (Å²) in [6.07, 6.45) is 0.151. The third-order valence-corrected chi connectivity index (χ3v) is 2.23. The van der Waals surface area contributed by atoms with Gasteiger partial charge in [0.15, 0.2) is 0 Å². The molecule has 1 saturated carbocycles. The first kappa shape index (κ1) is 9.90. The Morgan fingerprint density at radius 2 is 2.23 bits per heavy atom. The zero-order valence-corrected chi connectivity index (χ0v) is 7.18. The number of carbonyl (C=O) groups is 1. The Labute approximate surface area is 74.7 Å². The van der Waals surface area contributed by atoms with Crippen LogP contribution in [-0.4, -0.2) is 18.4 Å². The van der Waals surface area contributed by atoms with Crippen LogP contribution in [0.25, 0.3) is 0 Å². The van der Waals surface area contributed by atoms with E-state index in [1.165, 1.54) is 6.92 Å². The maximum atomic E-state index is 12.6. The largest absolute Gasteiger partial charge is 0.355 e. The van der Waals surface area contributed by atoms with Gasteiger partial charge in [-0.25, -0.2) is 8.78 Å². The quantitative estimate of drug-likeness (QED) is 0.669. The minimum absolute atomic E-state index is 0.147. The van der Waals surface area contributed by atoms with Crippen LogP contribution in [0.3, 0.4) is 0 Å². The monoisotopic (exact) mass is 188 g/mol. The minimum atomic E-state index is -2.85. The van der Waals surface area contributed by atoms with Crippen molar-refractivity contribution in [2.45, 2.75) is 19.3 Å². The summed E-state index contributed by atoms with van der Waals surface area (Å²) in [5.41, 5.74) is 0. The van der Waals surface area contributed by atoms with Crippen molar-refractivity contribution in [3.05, 3.63) is 0 Å². The van der Waals surface area contributed by atoms with Crippen molar-refractivity contribution in [1.29, 1.82) is 5.26 Å². The molecule has 0 saturated heterocycles. The van der Waals surface area contributed by atoms with Crippen LogP contribution in [0.4, 0.5) is 8.78 Å². The number of nitrogens with zero attached hydrogens (tertiary/aromatic N) is 1. The normalized spacial score (nSPS) is 29.1. The van der Waals surface area contributed by atoms with E-state index in [1.807, 2.05) is 6.07 Å².